The van der Waals surface area contributed by atoms with Crippen LogP contribution in [-0.4, -0.2) is 77.2 Å². The quantitative estimate of drug-likeness (QED) is 0.567. The third-order valence-corrected chi connectivity index (χ3v) is 6.54. The number of imidazole rings is 1. The number of hydrogen-bond acceptors (Lipinski definition) is 5. The molecular formula is C25H26F2N4O4. The van der Waals surface area contributed by atoms with Crippen molar-refractivity contribution in [2.45, 2.75) is 25.9 Å². The zero-order valence-electron chi connectivity index (χ0n) is 19.6. The predicted molar refractivity (Wildman–Crippen MR) is 123 cm³/mol. The molecule has 0 unspecified atom stereocenters. The number of ether oxygens (including phenoxy) is 2. The normalized spacial score (nSPS) is 18.0. The van der Waals surface area contributed by atoms with E-state index in [-0.39, 0.29) is 35.7 Å². The number of carbonyl (C=O) groups excluding carboxylic acids is 2. The van der Waals surface area contributed by atoms with Crippen molar-refractivity contribution in [2.75, 3.05) is 39.9 Å². The molecule has 4 heterocycles. The minimum Gasteiger partial charge on any atom is -0.453 e. The van der Waals surface area contributed by atoms with Gasteiger partial charge in [-0.2, -0.15) is 0 Å². The van der Waals surface area contributed by atoms with Crippen molar-refractivity contribution in [1.82, 2.24) is 19.2 Å². The standard InChI is InChI=1S/C25H26F2N4O4/c1-15-4-7-31-20(13-17-14-30(8-9-35-17)25(33)34-2)23(28-21(31)10-15)22-18(26)11-16(12-19(22)27)24(32)29-5-3-6-29/h4,7,10-12,17H,3,5-6,8-9,13-14H2,1-2H3/t17-/m0/s1. The maximum Gasteiger partial charge on any atom is 0.409 e. The summed E-state index contributed by atoms with van der Waals surface area (Å²) in [5.74, 6) is -2.09. The fourth-order valence-electron chi connectivity index (χ4n) is 4.57. The molecule has 184 valence electrons. The van der Waals surface area contributed by atoms with E-state index >= 15 is 8.78 Å². The number of carbonyl (C=O) groups is 2. The van der Waals surface area contributed by atoms with Crippen molar-refractivity contribution in [3.63, 3.8) is 0 Å². The lowest BCUT2D eigenvalue weighted by Gasteiger charge is -2.32. The highest BCUT2D eigenvalue weighted by Crippen LogP contribution is 2.32. The lowest BCUT2D eigenvalue weighted by atomic mass is 10.0. The Hall–Kier alpha value is -3.53. The Morgan fingerprint density at radius 1 is 1.14 bits per heavy atom. The van der Waals surface area contributed by atoms with Crippen LogP contribution in [0.15, 0.2) is 30.5 Å². The molecule has 0 radical (unpaired) electrons. The van der Waals surface area contributed by atoms with Gasteiger partial charge in [0.1, 0.15) is 17.3 Å². The zero-order valence-corrected chi connectivity index (χ0v) is 19.6. The maximum atomic E-state index is 15.4. The van der Waals surface area contributed by atoms with Crippen molar-refractivity contribution in [3.05, 3.63) is 58.9 Å². The number of rotatable bonds is 4. The predicted octanol–water partition coefficient (Wildman–Crippen LogP) is 3.44. The van der Waals surface area contributed by atoms with Crippen molar-refractivity contribution < 1.29 is 27.8 Å². The van der Waals surface area contributed by atoms with Crippen LogP contribution >= 0.6 is 0 Å². The molecule has 1 aromatic carbocycles. The fraction of sp³-hybridized carbons (Fsp3) is 0.400. The van der Waals surface area contributed by atoms with Gasteiger partial charge in [-0.25, -0.2) is 18.6 Å². The molecule has 8 nitrogen and oxygen atoms in total. The van der Waals surface area contributed by atoms with E-state index < -0.39 is 23.8 Å². The molecule has 2 fully saturated rings. The number of methoxy groups -OCH3 is 1. The van der Waals surface area contributed by atoms with Gasteiger partial charge in [-0.3, -0.25) is 4.79 Å². The Morgan fingerprint density at radius 2 is 1.89 bits per heavy atom. The van der Waals surface area contributed by atoms with Gasteiger partial charge in [0.2, 0.25) is 0 Å². The van der Waals surface area contributed by atoms with Gasteiger partial charge in [0.05, 0.1) is 43.3 Å². The minimum atomic E-state index is -0.851. The summed E-state index contributed by atoms with van der Waals surface area (Å²) in [7, 11) is 1.32. The molecule has 2 saturated heterocycles. The summed E-state index contributed by atoms with van der Waals surface area (Å²) in [6.07, 6.45) is 2.08. The van der Waals surface area contributed by atoms with Crippen LogP contribution in [0.1, 0.15) is 28.0 Å². The summed E-state index contributed by atoms with van der Waals surface area (Å²) in [4.78, 5) is 32.2. The Balaban J connectivity index is 1.55. The highest BCUT2D eigenvalue weighted by Gasteiger charge is 2.30. The highest BCUT2D eigenvalue weighted by atomic mass is 19.1. The second-order valence-corrected chi connectivity index (χ2v) is 8.91. The molecule has 2 aromatic heterocycles. The molecule has 3 aromatic rings. The molecule has 1 atom stereocenters. The number of morpholine rings is 1. The molecule has 0 aliphatic carbocycles. The summed E-state index contributed by atoms with van der Waals surface area (Å²) in [5.41, 5.74) is 1.87. The molecule has 2 aliphatic rings. The minimum absolute atomic E-state index is 0.0195. The van der Waals surface area contributed by atoms with Gasteiger partial charge in [0, 0.05) is 37.8 Å². The molecular weight excluding hydrogens is 458 g/mol. The van der Waals surface area contributed by atoms with E-state index in [0.29, 0.717) is 37.6 Å². The monoisotopic (exact) mass is 484 g/mol. The summed E-state index contributed by atoms with van der Waals surface area (Å²) in [5, 5.41) is 0. The van der Waals surface area contributed by atoms with Crippen LogP contribution in [0, 0.1) is 18.6 Å². The number of nitrogens with zero attached hydrogens (tertiary/aromatic N) is 4. The largest absolute Gasteiger partial charge is 0.453 e. The topological polar surface area (TPSA) is 76.4 Å². The van der Waals surface area contributed by atoms with Gasteiger partial charge in [0.15, 0.2) is 0 Å². The molecule has 0 saturated carbocycles. The van der Waals surface area contributed by atoms with Crippen LogP contribution in [0.5, 0.6) is 0 Å². The first kappa shape index (κ1) is 23.2. The van der Waals surface area contributed by atoms with E-state index in [1.54, 1.807) is 20.4 Å². The Morgan fingerprint density at radius 3 is 2.54 bits per heavy atom. The second-order valence-electron chi connectivity index (χ2n) is 8.91. The van der Waals surface area contributed by atoms with Crippen LogP contribution < -0.4 is 0 Å². The first-order valence-corrected chi connectivity index (χ1v) is 11.6. The van der Waals surface area contributed by atoms with Crippen LogP contribution in [-0.2, 0) is 15.9 Å². The number of pyridine rings is 1. The lowest BCUT2D eigenvalue weighted by Crippen LogP contribution is -2.46. The molecule has 0 N–H and O–H groups in total. The zero-order chi connectivity index (χ0) is 24.7. The third-order valence-electron chi connectivity index (χ3n) is 6.54. The number of amides is 2. The summed E-state index contributed by atoms with van der Waals surface area (Å²) in [6, 6.07) is 5.86. The van der Waals surface area contributed by atoms with Crippen molar-refractivity contribution in [3.8, 4) is 11.3 Å². The second kappa shape index (κ2) is 9.26. The van der Waals surface area contributed by atoms with E-state index in [1.165, 1.54) is 7.11 Å². The Kier molecular flexibility index (Phi) is 6.14. The average Bonchev–Trinajstić information content (AvgIpc) is 3.13. The number of benzene rings is 1. The van der Waals surface area contributed by atoms with Gasteiger partial charge in [-0.05, 0) is 43.2 Å². The molecule has 2 aliphatic heterocycles. The number of halogens is 2. The van der Waals surface area contributed by atoms with Crippen LogP contribution in [0.25, 0.3) is 16.9 Å². The first-order valence-electron chi connectivity index (χ1n) is 11.6. The van der Waals surface area contributed by atoms with E-state index in [9.17, 15) is 9.59 Å². The van der Waals surface area contributed by atoms with Crippen LogP contribution in [0.2, 0.25) is 0 Å². The summed E-state index contributed by atoms with van der Waals surface area (Å²) < 4.78 is 43.2. The SMILES string of the molecule is COC(=O)N1CCO[C@@H](Cc2c(-c3c(F)cc(C(=O)N4CCC4)cc3F)nc3cc(C)ccn23)C1. The van der Waals surface area contributed by atoms with Gasteiger partial charge in [-0.1, -0.05) is 0 Å². The first-order chi connectivity index (χ1) is 16.9. The molecule has 2 amide bonds. The van der Waals surface area contributed by atoms with Crippen LogP contribution in [0.4, 0.5) is 13.6 Å². The molecule has 10 heteroatoms. The van der Waals surface area contributed by atoms with Crippen LogP contribution in [0.3, 0.4) is 0 Å². The number of aromatic nitrogens is 2. The number of fused-ring (bicyclic) bond motifs is 1. The number of aryl methyl sites for hydroxylation is 1. The van der Waals surface area contributed by atoms with Gasteiger partial charge >= 0.3 is 6.09 Å². The average molecular weight is 485 g/mol. The van der Waals surface area contributed by atoms with Crippen molar-refractivity contribution >= 4 is 17.6 Å². The van der Waals surface area contributed by atoms with Gasteiger partial charge < -0.3 is 23.7 Å². The Bertz CT molecular complexity index is 1280. The summed E-state index contributed by atoms with van der Waals surface area (Å²) >= 11 is 0. The van der Waals surface area contributed by atoms with Gasteiger partial charge in [-0.15, -0.1) is 0 Å². The number of hydrogen-bond donors (Lipinski definition) is 0. The Labute approximate surface area is 201 Å². The molecule has 5 rings (SSSR count). The van der Waals surface area contributed by atoms with E-state index in [2.05, 4.69) is 4.98 Å². The van der Waals surface area contributed by atoms with E-state index in [1.807, 2.05) is 19.1 Å². The van der Waals surface area contributed by atoms with E-state index in [4.69, 9.17) is 9.47 Å². The molecule has 35 heavy (non-hydrogen) atoms. The lowest BCUT2D eigenvalue weighted by molar-refractivity contribution is -0.0241. The maximum absolute atomic E-state index is 15.4. The van der Waals surface area contributed by atoms with E-state index in [0.717, 1.165) is 24.1 Å². The number of likely N-dealkylation sites (tertiary alicyclic amines) is 1. The highest BCUT2D eigenvalue weighted by molar-refractivity contribution is 5.95. The smallest absolute Gasteiger partial charge is 0.409 e. The van der Waals surface area contributed by atoms with Crippen molar-refractivity contribution in [1.29, 1.82) is 0 Å². The molecule has 0 spiro atoms. The summed E-state index contributed by atoms with van der Waals surface area (Å²) in [6.45, 7) is 4.08. The third kappa shape index (κ3) is 4.34. The molecule has 0 bridgehead atoms. The van der Waals surface area contributed by atoms with Gasteiger partial charge in [0.25, 0.3) is 5.91 Å². The fourth-order valence-corrected chi connectivity index (χ4v) is 4.57. The van der Waals surface area contributed by atoms with Crippen molar-refractivity contribution in [2.24, 2.45) is 0 Å².